The molecule has 1 unspecified atom stereocenters. The number of rotatable bonds is 4. The lowest BCUT2D eigenvalue weighted by Crippen LogP contribution is -2.32. The molecule has 0 bridgehead atoms. The van der Waals surface area contributed by atoms with Crippen LogP contribution < -0.4 is 14.8 Å². The normalized spacial score (nSPS) is 23.8. The van der Waals surface area contributed by atoms with E-state index in [-0.39, 0.29) is 0 Å². The number of hydrogen-bond acceptors (Lipinski definition) is 3. The summed E-state index contributed by atoms with van der Waals surface area (Å²) >= 11 is 0. The molecule has 0 amide bonds. The van der Waals surface area contributed by atoms with E-state index in [1.54, 1.807) is 0 Å². The molecule has 3 nitrogen and oxygen atoms in total. The summed E-state index contributed by atoms with van der Waals surface area (Å²) in [7, 11) is 0. The average molecular weight is 273 g/mol. The summed E-state index contributed by atoms with van der Waals surface area (Å²) in [5, 5.41) is 3.90. The van der Waals surface area contributed by atoms with Crippen LogP contribution in [-0.2, 0) is 0 Å². The van der Waals surface area contributed by atoms with Gasteiger partial charge in [0, 0.05) is 12.1 Å². The molecule has 0 radical (unpaired) electrons. The average Bonchev–Trinajstić information content (AvgIpc) is 3.21. The Balaban J connectivity index is 1.55. The Morgan fingerprint density at radius 3 is 2.45 bits per heavy atom. The van der Waals surface area contributed by atoms with E-state index in [0.29, 0.717) is 25.3 Å². The molecule has 1 aliphatic heterocycles. The first-order chi connectivity index (χ1) is 9.90. The molecular weight excluding hydrogens is 250 g/mol. The number of nitrogens with one attached hydrogen (secondary N) is 1. The molecule has 1 aromatic rings. The first-order valence-corrected chi connectivity index (χ1v) is 8.06. The standard InChI is InChI=1S/C17H23NO2/c1-2-4-14(3-1)18-17(12-5-6-12)13-7-8-15-16(11-13)20-10-9-19-15/h7-8,11-12,14,17-18H,1-6,9-10H2. The predicted molar refractivity (Wildman–Crippen MR) is 78.3 cm³/mol. The summed E-state index contributed by atoms with van der Waals surface area (Å²) in [6.07, 6.45) is 8.17. The fourth-order valence-corrected chi connectivity index (χ4v) is 3.53. The number of benzene rings is 1. The van der Waals surface area contributed by atoms with Gasteiger partial charge in [-0.05, 0) is 49.3 Å². The SMILES string of the molecule is c1cc2c(cc1C(NC1CCCC1)C1CC1)OCCO2. The Morgan fingerprint density at radius 2 is 1.70 bits per heavy atom. The minimum absolute atomic E-state index is 0.508. The summed E-state index contributed by atoms with van der Waals surface area (Å²) in [6, 6.07) is 7.72. The highest BCUT2D eigenvalue weighted by molar-refractivity contribution is 5.45. The second-order valence-corrected chi connectivity index (χ2v) is 6.37. The number of hydrogen-bond donors (Lipinski definition) is 1. The smallest absolute Gasteiger partial charge is 0.161 e. The number of fused-ring (bicyclic) bond motifs is 1. The van der Waals surface area contributed by atoms with Crippen LogP contribution in [0.1, 0.15) is 50.1 Å². The minimum atomic E-state index is 0.508. The Bertz CT molecular complexity index is 478. The predicted octanol–water partition coefficient (Wildman–Crippen LogP) is 3.44. The lowest BCUT2D eigenvalue weighted by molar-refractivity contribution is 0.171. The van der Waals surface area contributed by atoms with Crippen molar-refractivity contribution in [2.45, 2.75) is 50.6 Å². The molecule has 20 heavy (non-hydrogen) atoms. The van der Waals surface area contributed by atoms with Gasteiger partial charge in [0.15, 0.2) is 11.5 Å². The fourth-order valence-electron chi connectivity index (χ4n) is 3.53. The quantitative estimate of drug-likeness (QED) is 0.911. The molecule has 108 valence electrons. The molecule has 1 aromatic carbocycles. The summed E-state index contributed by atoms with van der Waals surface area (Å²) < 4.78 is 11.4. The van der Waals surface area contributed by atoms with Gasteiger partial charge in [0.2, 0.25) is 0 Å². The highest BCUT2D eigenvalue weighted by Crippen LogP contribution is 2.44. The van der Waals surface area contributed by atoms with E-state index in [1.807, 2.05) is 0 Å². The van der Waals surface area contributed by atoms with Crippen molar-refractivity contribution in [2.75, 3.05) is 13.2 Å². The van der Waals surface area contributed by atoms with Crippen LogP contribution in [0.4, 0.5) is 0 Å². The zero-order chi connectivity index (χ0) is 13.4. The first kappa shape index (κ1) is 12.5. The van der Waals surface area contributed by atoms with E-state index in [4.69, 9.17) is 9.47 Å². The molecule has 0 aromatic heterocycles. The van der Waals surface area contributed by atoms with Gasteiger partial charge in [-0.25, -0.2) is 0 Å². The lowest BCUT2D eigenvalue weighted by Gasteiger charge is -2.25. The van der Waals surface area contributed by atoms with Crippen LogP contribution in [-0.4, -0.2) is 19.3 Å². The van der Waals surface area contributed by atoms with Gasteiger partial charge in [-0.3, -0.25) is 0 Å². The van der Waals surface area contributed by atoms with Crippen molar-refractivity contribution in [1.29, 1.82) is 0 Å². The second-order valence-electron chi connectivity index (χ2n) is 6.37. The van der Waals surface area contributed by atoms with E-state index < -0.39 is 0 Å². The Hall–Kier alpha value is -1.22. The Labute approximate surface area is 120 Å². The van der Waals surface area contributed by atoms with E-state index in [9.17, 15) is 0 Å². The van der Waals surface area contributed by atoms with Gasteiger partial charge in [-0.2, -0.15) is 0 Å². The highest BCUT2D eigenvalue weighted by Gasteiger charge is 2.34. The summed E-state index contributed by atoms with van der Waals surface area (Å²) in [5.74, 6) is 2.64. The summed E-state index contributed by atoms with van der Waals surface area (Å²) in [5.41, 5.74) is 1.38. The van der Waals surface area contributed by atoms with Crippen molar-refractivity contribution in [3.63, 3.8) is 0 Å². The maximum absolute atomic E-state index is 5.73. The third-order valence-corrected chi connectivity index (χ3v) is 4.79. The minimum Gasteiger partial charge on any atom is -0.486 e. The molecule has 2 aliphatic carbocycles. The van der Waals surface area contributed by atoms with Gasteiger partial charge in [0.1, 0.15) is 13.2 Å². The van der Waals surface area contributed by atoms with Gasteiger partial charge < -0.3 is 14.8 Å². The molecule has 3 aliphatic rings. The zero-order valence-corrected chi connectivity index (χ0v) is 11.9. The van der Waals surface area contributed by atoms with Gasteiger partial charge in [-0.1, -0.05) is 18.9 Å². The molecule has 2 saturated carbocycles. The zero-order valence-electron chi connectivity index (χ0n) is 11.9. The summed E-state index contributed by atoms with van der Waals surface area (Å²) in [6.45, 7) is 1.33. The number of ether oxygens (including phenoxy) is 2. The second kappa shape index (κ2) is 5.28. The van der Waals surface area contributed by atoms with Crippen LogP contribution in [0.2, 0.25) is 0 Å². The van der Waals surface area contributed by atoms with Gasteiger partial charge in [-0.15, -0.1) is 0 Å². The van der Waals surface area contributed by atoms with Crippen LogP contribution in [0.5, 0.6) is 11.5 Å². The fraction of sp³-hybridized carbons (Fsp3) is 0.647. The van der Waals surface area contributed by atoms with Crippen molar-refractivity contribution in [1.82, 2.24) is 5.32 Å². The van der Waals surface area contributed by atoms with Gasteiger partial charge >= 0.3 is 0 Å². The molecule has 3 heteroatoms. The van der Waals surface area contributed by atoms with Crippen molar-refractivity contribution >= 4 is 0 Å². The molecule has 1 N–H and O–H groups in total. The largest absolute Gasteiger partial charge is 0.486 e. The lowest BCUT2D eigenvalue weighted by atomic mass is 10.00. The van der Waals surface area contributed by atoms with Crippen LogP contribution in [0, 0.1) is 5.92 Å². The molecule has 0 spiro atoms. The Kier molecular flexibility index (Phi) is 3.31. The van der Waals surface area contributed by atoms with Crippen molar-refractivity contribution in [3.05, 3.63) is 23.8 Å². The molecule has 1 atom stereocenters. The van der Waals surface area contributed by atoms with Crippen LogP contribution >= 0.6 is 0 Å². The van der Waals surface area contributed by atoms with E-state index in [1.165, 1.54) is 44.1 Å². The highest BCUT2D eigenvalue weighted by atomic mass is 16.6. The maximum atomic E-state index is 5.73. The van der Waals surface area contributed by atoms with E-state index in [0.717, 1.165) is 17.4 Å². The molecule has 4 rings (SSSR count). The maximum Gasteiger partial charge on any atom is 0.161 e. The van der Waals surface area contributed by atoms with Gasteiger partial charge in [0.05, 0.1) is 0 Å². The topological polar surface area (TPSA) is 30.5 Å². The Morgan fingerprint density at radius 1 is 0.950 bits per heavy atom. The first-order valence-electron chi connectivity index (χ1n) is 8.06. The molecule has 0 saturated heterocycles. The van der Waals surface area contributed by atoms with Gasteiger partial charge in [0.25, 0.3) is 0 Å². The van der Waals surface area contributed by atoms with Crippen molar-refractivity contribution in [2.24, 2.45) is 5.92 Å². The van der Waals surface area contributed by atoms with Crippen molar-refractivity contribution < 1.29 is 9.47 Å². The summed E-state index contributed by atoms with van der Waals surface area (Å²) in [4.78, 5) is 0. The molecule has 1 heterocycles. The van der Waals surface area contributed by atoms with Crippen molar-refractivity contribution in [3.8, 4) is 11.5 Å². The molecular formula is C17H23NO2. The molecule has 2 fully saturated rings. The van der Waals surface area contributed by atoms with Crippen LogP contribution in [0.25, 0.3) is 0 Å². The third kappa shape index (κ3) is 2.51. The monoisotopic (exact) mass is 273 g/mol. The van der Waals surface area contributed by atoms with E-state index in [2.05, 4.69) is 23.5 Å². The van der Waals surface area contributed by atoms with E-state index >= 15 is 0 Å². The third-order valence-electron chi connectivity index (χ3n) is 4.79. The van der Waals surface area contributed by atoms with Crippen LogP contribution in [0.15, 0.2) is 18.2 Å². The van der Waals surface area contributed by atoms with Crippen LogP contribution in [0.3, 0.4) is 0 Å².